The third-order valence-corrected chi connectivity index (χ3v) is 7.93. The fourth-order valence-corrected chi connectivity index (χ4v) is 5.77. The third-order valence-electron chi connectivity index (χ3n) is 7.93. The number of carbonyl (C=O) groups excluding carboxylic acids is 2. The number of amides is 2. The van der Waals surface area contributed by atoms with Crippen molar-refractivity contribution in [1.29, 1.82) is 0 Å². The second kappa shape index (κ2) is 10.9. The number of aliphatic hydroxyl groups excluding tert-OH is 1. The minimum atomic E-state index is -0.462. The Morgan fingerprint density at radius 1 is 0.944 bits per heavy atom. The van der Waals surface area contributed by atoms with E-state index in [1.807, 2.05) is 9.80 Å². The van der Waals surface area contributed by atoms with Gasteiger partial charge in [-0.2, -0.15) is 0 Å². The van der Waals surface area contributed by atoms with Crippen LogP contribution in [-0.4, -0.2) is 92.5 Å². The van der Waals surface area contributed by atoms with Gasteiger partial charge in [0.05, 0.1) is 6.10 Å². The molecule has 2 aromatic rings. The van der Waals surface area contributed by atoms with E-state index in [9.17, 15) is 14.7 Å². The van der Waals surface area contributed by atoms with Crippen molar-refractivity contribution in [3.8, 4) is 0 Å². The van der Waals surface area contributed by atoms with Crippen LogP contribution in [0.5, 0.6) is 0 Å². The fraction of sp³-hybridized carbons (Fsp3) is 0.556. The highest BCUT2D eigenvalue weighted by atomic mass is 16.3. The summed E-state index contributed by atoms with van der Waals surface area (Å²) >= 11 is 0. The van der Waals surface area contributed by atoms with E-state index in [4.69, 9.17) is 0 Å². The van der Waals surface area contributed by atoms with Crippen molar-refractivity contribution in [2.75, 3.05) is 38.0 Å². The molecule has 2 atom stereocenters. The lowest BCUT2D eigenvalue weighted by Gasteiger charge is -2.37. The van der Waals surface area contributed by atoms with Gasteiger partial charge in [-0.15, -0.1) is 0 Å². The third kappa shape index (κ3) is 5.52. The molecule has 9 heteroatoms. The van der Waals surface area contributed by atoms with Gasteiger partial charge in [0.15, 0.2) is 0 Å². The first-order valence-electron chi connectivity index (χ1n) is 13.1. The van der Waals surface area contributed by atoms with Crippen LogP contribution in [-0.2, 0) is 17.8 Å². The zero-order valence-corrected chi connectivity index (χ0v) is 21.0. The number of nitrogens with one attached hydrogen (secondary N) is 1. The Labute approximate surface area is 212 Å². The molecule has 2 amide bonds. The van der Waals surface area contributed by atoms with Crippen LogP contribution in [0.15, 0.2) is 36.7 Å². The number of benzene rings is 1. The molecular formula is C27H36N6O3. The molecule has 4 heterocycles. The molecule has 2 saturated heterocycles. The topological polar surface area (TPSA) is 102 Å². The predicted molar refractivity (Wildman–Crippen MR) is 136 cm³/mol. The average molecular weight is 493 g/mol. The van der Waals surface area contributed by atoms with E-state index in [1.165, 1.54) is 17.5 Å². The number of rotatable bonds is 4. The molecule has 0 spiro atoms. The molecule has 36 heavy (non-hydrogen) atoms. The van der Waals surface area contributed by atoms with Gasteiger partial charge in [-0.3, -0.25) is 14.5 Å². The Kier molecular flexibility index (Phi) is 7.48. The molecule has 3 aliphatic heterocycles. The molecule has 1 aromatic heterocycles. The highest BCUT2D eigenvalue weighted by Crippen LogP contribution is 2.26. The van der Waals surface area contributed by atoms with Crippen molar-refractivity contribution in [3.05, 3.63) is 53.5 Å². The summed E-state index contributed by atoms with van der Waals surface area (Å²) < 4.78 is 0. The largest absolute Gasteiger partial charge is 0.391 e. The van der Waals surface area contributed by atoms with Crippen LogP contribution >= 0.6 is 0 Å². The predicted octanol–water partition coefficient (Wildman–Crippen LogP) is 1.92. The second-order valence-electron chi connectivity index (χ2n) is 10.2. The first-order chi connectivity index (χ1) is 17.5. The maximum Gasteiger partial charge on any atom is 0.272 e. The van der Waals surface area contributed by atoms with Crippen LogP contribution in [0.3, 0.4) is 0 Å². The summed E-state index contributed by atoms with van der Waals surface area (Å²) in [7, 11) is 0. The van der Waals surface area contributed by atoms with Crippen molar-refractivity contribution in [1.82, 2.24) is 24.7 Å². The lowest BCUT2D eigenvalue weighted by Crippen LogP contribution is -2.46. The summed E-state index contributed by atoms with van der Waals surface area (Å²) in [4.78, 5) is 39.5. The number of piperidine rings is 1. The number of carbonyl (C=O) groups is 2. The summed E-state index contributed by atoms with van der Waals surface area (Å²) in [6, 6.07) is 10.5. The van der Waals surface area contributed by atoms with Crippen molar-refractivity contribution < 1.29 is 14.7 Å². The van der Waals surface area contributed by atoms with Gasteiger partial charge < -0.3 is 20.2 Å². The highest BCUT2D eigenvalue weighted by Gasteiger charge is 2.33. The number of likely N-dealkylation sites (tertiary alicyclic amines) is 2. The molecule has 0 radical (unpaired) electrons. The van der Waals surface area contributed by atoms with Crippen molar-refractivity contribution in [3.63, 3.8) is 0 Å². The summed E-state index contributed by atoms with van der Waals surface area (Å²) in [5.74, 6) is 0.622. The Morgan fingerprint density at radius 2 is 1.67 bits per heavy atom. The van der Waals surface area contributed by atoms with E-state index < -0.39 is 6.10 Å². The van der Waals surface area contributed by atoms with Crippen molar-refractivity contribution >= 4 is 17.6 Å². The van der Waals surface area contributed by atoms with Gasteiger partial charge in [0.25, 0.3) is 5.91 Å². The zero-order chi connectivity index (χ0) is 25.1. The zero-order valence-electron chi connectivity index (χ0n) is 21.0. The Hall–Kier alpha value is -3.04. The van der Waals surface area contributed by atoms with Crippen LogP contribution in [0.4, 0.5) is 5.82 Å². The smallest absolute Gasteiger partial charge is 0.272 e. The van der Waals surface area contributed by atoms with Crippen LogP contribution < -0.4 is 5.32 Å². The second-order valence-corrected chi connectivity index (χ2v) is 10.2. The number of hydrogen-bond donors (Lipinski definition) is 2. The monoisotopic (exact) mass is 492 g/mol. The van der Waals surface area contributed by atoms with E-state index in [0.29, 0.717) is 31.0 Å². The number of hydrogen-bond acceptors (Lipinski definition) is 7. The number of fused-ring (bicyclic) bond motifs is 1. The van der Waals surface area contributed by atoms with Crippen LogP contribution in [0, 0.1) is 0 Å². The lowest BCUT2D eigenvalue weighted by atomic mass is 9.96. The van der Waals surface area contributed by atoms with Gasteiger partial charge in [-0.1, -0.05) is 24.3 Å². The molecule has 192 valence electrons. The molecule has 2 fully saturated rings. The van der Waals surface area contributed by atoms with Crippen molar-refractivity contribution in [2.24, 2.45) is 0 Å². The van der Waals surface area contributed by atoms with Crippen LogP contribution in [0.1, 0.15) is 54.2 Å². The van der Waals surface area contributed by atoms with Crippen LogP contribution in [0.25, 0.3) is 0 Å². The van der Waals surface area contributed by atoms with Crippen molar-refractivity contribution in [2.45, 2.75) is 63.8 Å². The Morgan fingerprint density at radius 3 is 2.44 bits per heavy atom. The maximum absolute atomic E-state index is 13.3. The number of nitrogens with zero attached hydrogens (tertiary/aromatic N) is 5. The van der Waals surface area contributed by atoms with Crippen LogP contribution in [0.2, 0.25) is 0 Å². The molecule has 1 aromatic carbocycles. The van der Waals surface area contributed by atoms with Gasteiger partial charge in [0.1, 0.15) is 17.8 Å². The highest BCUT2D eigenvalue weighted by molar-refractivity contribution is 5.93. The minimum absolute atomic E-state index is 0.0413. The molecule has 3 aliphatic rings. The lowest BCUT2D eigenvalue weighted by molar-refractivity contribution is -0.129. The minimum Gasteiger partial charge on any atom is -0.391 e. The van der Waals surface area contributed by atoms with Gasteiger partial charge in [-0.25, -0.2) is 9.97 Å². The first-order valence-corrected chi connectivity index (χ1v) is 13.1. The van der Waals surface area contributed by atoms with E-state index in [1.54, 1.807) is 13.0 Å². The summed E-state index contributed by atoms with van der Waals surface area (Å²) in [5.41, 5.74) is 3.10. The normalized spacial score (nSPS) is 23.6. The molecule has 2 N–H and O–H groups in total. The maximum atomic E-state index is 13.3. The molecule has 0 unspecified atom stereocenters. The van der Waals surface area contributed by atoms with Gasteiger partial charge >= 0.3 is 0 Å². The standard InChI is InChI=1S/C27H36N6O3/c1-19(34)31-12-7-22(8-13-31)30-26-16-23(28-18-29-26)27(36)32-14-9-24(25(35)10-15-32)33-11-6-20-4-2-3-5-21(20)17-33/h2-5,16,18,22,24-25,35H,6-15,17H2,1H3,(H,28,29,30)/t24-,25-/m1/s1. The van der Waals surface area contributed by atoms with E-state index >= 15 is 0 Å². The quantitative estimate of drug-likeness (QED) is 0.672. The summed E-state index contributed by atoms with van der Waals surface area (Å²) in [6.45, 7) is 5.93. The Balaban J connectivity index is 1.19. The van der Waals surface area contributed by atoms with E-state index in [0.717, 1.165) is 51.9 Å². The molecule has 9 nitrogen and oxygen atoms in total. The molecule has 0 bridgehead atoms. The molecule has 0 saturated carbocycles. The summed E-state index contributed by atoms with van der Waals surface area (Å²) in [5, 5.41) is 14.4. The average Bonchev–Trinajstić information content (AvgIpc) is 3.10. The Bertz CT molecular complexity index is 1090. The number of anilines is 1. The van der Waals surface area contributed by atoms with Gasteiger partial charge in [-0.05, 0) is 43.2 Å². The fourth-order valence-electron chi connectivity index (χ4n) is 5.77. The SMILES string of the molecule is CC(=O)N1CCC(Nc2cc(C(=O)N3CC[C@@H](O)[C@H](N4CCc5ccccc5C4)CC3)ncn2)CC1. The van der Waals surface area contributed by atoms with Gasteiger partial charge in [0.2, 0.25) is 5.91 Å². The first kappa shape index (κ1) is 24.6. The number of aliphatic hydroxyl groups is 1. The number of aromatic nitrogens is 2. The molecule has 5 rings (SSSR count). The van der Waals surface area contributed by atoms with E-state index in [2.05, 4.69) is 44.5 Å². The molecular weight excluding hydrogens is 456 g/mol. The van der Waals surface area contributed by atoms with E-state index in [-0.39, 0.29) is 23.9 Å². The summed E-state index contributed by atoms with van der Waals surface area (Å²) in [6.07, 6.45) is 4.95. The molecule has 0 aliphatic carbocycles. The van der Waals surface area contributed by atoms with Gasteiger partial charge in [0, 0.05) is 64.3 Å².